The Bertz CT molecular complexity index is 3860. The molecule has 0 amide bonds. The van der Waals surface area contributed by atoms with Crippen LogP contribution in [-0.4, -0.2) is 23.4 Å². The monoisotopic (exact) mass is 1020 g/mol. The molecule has 4 aliphatic heterocycles. The number of rotatable bonds is 3. The maximum atomic E-state index is 7.47. The van der Waals surface area contributed by atoms with Crippen LogP contribution < -0.4 is 52.2 Å². The standard InChI is InChI=1S/C70H73B2N5O/c1-65(2,3)59-40-56-61-63(73-59)77(44-29-31-46-48(37-44)70(13,14)35-33-68(46,9)10)54-27-21-19-25-50(54)71(61)51-38-52-58(39-55(51)75(56)42-22-16-15-17-23-42)78-64-62-57(41-60(74-64)66(4,5)6)76(53-26-20-18-24-49(53)72(52)62)43-28-30-45-47(36-43)69(11,12)34-32-67(45,7)8/h15-31,36-41H,32-35H2,1-14H3. The summed E-state index contributed by atoms with van der Waals surface area (Å²) in [6, 6.07) is 53.5. The molecule has 6 aromatic carbocycles. The predicted molar refractivity (Wildman–Crippen MR) is 330 cm³/mol. The zero-order valence-corrected chi connectivity index (χ0v) is 48.4. The second-order valence-corrected chi connectivity index (χ2v) is 28.4. The lowest BCUT2D eigenvalue weighted by Gasteiger charge is -2.46. The van der Waals surface area contributed by atoms with Crippen LogP contribution >= 0.6 is 0 Å². The van der Waals surface area contributed by atoms with Crippen LogP contribution in [0.5, 0.6) is 11.6 Å². The van der Waals surface area contributed by atoms with Crippen molar-refractivity contribution in [3.05, 3.63) is 173 Å². The number of para-hydroxylation sites is 3. The molecule has 8 aromatic rings. The van der Waals surface area contributed by atoms with E-state index in [9.17, 15) is 0 Å². The van der Waals surface area contributed by atoms with Gasteiger partial charge in [0, 0.05) is 67.9 Å². The Hall–Kier alpha value is -7.05. The van der Waals surface area contributed by atoms with Crippen LogP contribution in [0.3, 0.4) is 0 Å². The van der Waals surface area contributed by atoms with Gasteiger partial charge < -0.3 is 14.5 Å². The summed E-state index contributed by atoms with van der Waals surface area (Å²) in [5, 5.41) is 0. The summed E-state index contributed by atoms with van der Waals surface area (Å²) in [5.41, 5.74) is 24.1. The number of anilines is 9. The highest BCUT2D eigenvalue weighted by atomic mass is 16.5. The maximum Gasteiger partial charge on any atom is 0.258 e. The van der Waals surface area contributed by atoms with Crippen molar-refractivity contribution in [2.24, 2.45) is 0 Å². The fraction of sp³-hybridized carbons (Fsp3) is 0.343. The van der Waals surface area contributed by atoms with Crippen molar-refractivity contribution in [2.75, 3.05) is 14.7 Å². The largest absolute Gasteiger partial charge is 0.440 e. The summed E-state index contributed by atoms with van der Waals surface area (Å²) in [6.45, 7) is 32.8. The number of pyridine rings is 2. The minimum Gasteiger partial charge on any atom is -0.440 e. The Morgan fingerprint density at radius 1 is 0.397 bits per heavy atom. The normalized spacial score (nSPS) is 18.3. The molecule has 2 aliphatic carbocycles. The highest BCUT2D eigenvalue weighted by Gasteiger charge is 2.50. The fourth-order valence-electron chi connectivity index (χ4n) is 14.5. The van der Waals surface area contributed by atoms with Crippen LogP contribution in [0.4, 0.5) is 51.3 Å². The van der Waals surface area contributed by atoms with Gasteiger partial charge in [0.15, 0.2) is 0 Å². The Balaban J connectivity index is 1.03. The molecule has 0 saturated heterocycles. The van der Waals surface area contributed by atoms with E-state index in [1.54, 1.807) is 0 Å². The number of aromatic nitrogens is 2. The fourth-order valence-corrected chi connectivity index (χ4v) is 14.5. The van der Waals surface area contributed by atoms with Crippen LogP contribution in [0.1, 0.15) is 156 Å². The van der Waals surface area contributed by atoms with Gasteiger partial charge in [0.05, 0.1) is 11.4 Å². The lowest BCUT2D eigenvalue weighted by Crippen LogP contribution is -2.64. The molecule has 0 atom stereocenters. The number of fused-ring (bicyclic) bond motifs is 10. The van der Waals surface area contributed by atoms with E-state index in [1.165, 1.54) is 74.0 Å². The first-order valence-electron chi connectivity index (χ1n) is 28.8. The van der Waals surface area contributed by atoms with Crippen LogP contribution in [0, 0.1) is 0 Å². The molecule has 6 heterocycles. The van der Waals surface area contributed by atoms with Crippen LogP contribution in [0.15, 0.2) is 140 Å². The number of benzene rings is 6. The third kappa shape index (κ3) is 7.15. The van der Waals surface area contributed by atoms with Gasteiger partial charge in [-0.3, -0.25) is 4.90 Å². The van der Waals surface area contributed by atoms with E-state index in [-0.39, 0.29) is 45.9 Å². The number of hydrogen-bond acceptors (Lipinski definition) is 6. The summed E-state index contributed by atoms with van der Waals surface area (Å²) in [7, 11) is 0. The Labute approximate surface area is 464 Å². The molecule has 0 radical (unpaired) electrons. The first-order chi connectivity index (χ1) is 36.9. The molecule has 0 N–H and O–H groups in total. The average Bonchev–Trinajstić information content (AvgIpc) is 3.07. The van der Waals surface area contributed by atoms with E-state index >= 15 is 0 Å². The Kier molecular flexibility index (Phi) is 10.3. The van der Waals surface area contributed by atoms with E-state index in [0.717, 1.165) is 75.2 Å². The summed E-state index contributed by atoms with van der Waals surface area (Å²) < 4.78 is 7.47. The molecule has 78 heavy (non-hydrogen) atoms. The second kappa shape index (κ2) is 16.3. The molecule has 6 nitrogen and oxygen atoms in total. The number of hydrogen-bond donors (Lipinski definition) is 0. The van der Waals surface area contributed by atoms with Gasteiger partial charge in [0.25, 0.3) is 13.4 Å². The SMILES string of the molecule is CC(C)(C)c1cc2c3c(n1)Oc1cc4c(cc1B3c1ccccc1N2c1ccc2c(c1)C(C)(C)CCC2(C)C)B1c2ccccc2N(c2ccc3c(c2)C(C)(C)CCC3(C)C)c2nc(C(C)(C)C)cc(c21)N4c1ccccc1. The van der Waals surface area contributed by atoms with Gasteiger partial charge in [0.2, 0.25) is 5.88 Å². The van der Waals surface area contributed by atoms with Crippen molar-refractivity contribution >= 4 is 97.5 Å². The molecule has 0 fully saturated rings. The zero-order chi connectivity index (χ0) is 54.4. The van der Waals surface area contributed by atoms with Crippen molar-refractivity contribution < 1.29 is 4.74 Å². The van der Waals surface area contributed by atoms with Gasteiger partial charge in [-0.1, -0.05) is 170 Å². The van der Waals surface area contributed by atoms with Crippen LogP contribution in [-0.2, 0) is 32.5 Å². The highest BCUT2D eigenvalue weighted by molar-refractivity contribution is 7.02. The van der Waals surface area contributed by atoms with E-state index in [0.29, 0.717) is 5.88 Å². The minimum absolute atomic E-state index is 0.0365. The molecule has 14 rings (SSSR count). The maximum absolute atomic E-state index is 7.47. The molecule has 2 aromatic heterocycles. The first kappa shape index (κ1) is 49.3. The predicted octanol–water partition coefficient (Wildman–Crippen LogP) is 14.3. The van der Waals surface area contributed by atoms with E-state index in [2.05, 4.69) is 251 Å². The second-order valence-electron chi connectivity index (χ2n) is 28.4. The Morgan fingerprint density at radius 3 is 1.42 bits per heavy atom. The summed E-state index contributed by atoms with van der Waals surface area (Å²) in [4.78, 5) is 19.0. The van der Waals surface area contributed by atoms with E-state index in [4.69, 9.17) is 14.7 Å². The molecule has 390 valence electrons. The number of nitrogens with zero attached hydrogens (tertiary/aromatic N) is 5. The first-order valence-corrected chi connectivity index (χ1v) is 28.8. The molecular formula is C70H73B2N5O. The smallest absolute Gasteiger partial charge is 0.258 e. The van der Waals surface area contributed by atoms with Crippen molar-refractivity contribution in [1.82, 2.24) is 9.97 Å². The van der Waals surface area contributed by atoms with E-state index < -0.39 is 0 Å². The van der Waals surface area contributed by atoms with Gasteiger partial charge in [-0.15, -0.1) is 0 Å². The topological polar surface area (TPSA) is 44.7 Å². The Morgan fingerprint density at radius 2 is 0.859 bits per heavy atom. The van der Waals surface area contributed by atoms with Gasteiger partial charge in [-0.25, -0.2) is 9.97 Å². The van der Waals surface area contributed by atoms with Crippen LogP contribution in [0.25, 0.3) is 0 Å². The number of ether oxygens (including phenoxy) is 1. The van der Waals surface area contributed by atoms with Crippen molar-refractivity contribution in [2.45, 2.75) is 155 Å². The summed E-state index contributed by atoms with van der Waals surface area (Å²) in [5.74, 6) is 2.53. The molecule has 0 saturated carbocycles. The summed E-state index contributed by atoms with van der Waals surface area (Å²) >= 11 is 0. The molecule has 0 unspecified atom stereocenters. The van der Waals surface area contributed by atoms with Crippen LogP contribution in [0.2, 0.25) is 0 Å². The minimum atomic E-state index is -0.251. The lowest BCUT2D eigenvalue weighted by molar-refractivity contribution is 0.332. The zero-order valence-electron chi connectivity index (χ0n) is 48.4. The molecule has 6 aliphatic rings. The van der Waals surface area contributed by atoms with Gasteiger partial charge in [-0.2, -0.15) is 0 Å². The van der Waals surface area contributed by atoms with E-state index in [1.807, 2.05) is 0 Å². The van der Waals surface area contributed by atoms with Crippen molar-refractivity contribution in [3.8, 4) is 11.6 Å². The summed E-state index contributed by atoms with van der Waals surface area (Å²) in [6.07, 6.45) is 4.64. The average molecular weight is 1020 g/mol. The van der Waals surface area contributed by atoms with Gasteiger partial charge >= 0.3 is 0 Å². The molecule has 0 spiro atoms. The van der Waals surface area contributed by atoms with Crippen molar-refractivity contribution in [1.29, 1.82) is 0 Å². The quantitative estimate of drug-likeness (QED) is 0.164. The molecule has 8 heteroatoms. The molecule has 0 bridgehead atoms. The van der Waals surface area contributed by atoms with Crippen molar-refractivity contribution in [3.63, 3.8) is 0 Å². The third-order valence-corrected chi connectivity index (χ3v) is 19.2. The molecular weight excluding hydrogens is 948 g/mol. The van der Waals surface area contributed by atoms with Gasteiger partial charge in [-0.05, 0) is 158 Å². The van der Waals surface area contributed by atoms with Gasteiger partial charge in [0.1, 0.15) is 11.6 Å². The highest BCUT2D eigenvalue weighted by Crippen LogP contribution is 2.52. The lowest BCUT2D eigenvalue weighted by atomic mass is 9.31. The third-order valence-electron chi connectivity index (χ3n) is 19.2.